The van der Waals surface area contributed by atoms with Crippen molar-refractivity contribution in [3.63, 3.8) is 0 Å². The van der Waals surface area contributed by atoms with E-state index in [4.69, 9.17) is 23.1 Å². The smallest absolute Gasteiger partial charge is 0.165 e. The monoisotopic (exact) mass is 446 g/mol. The van der Waals surface area contributed by atoms with Gasteiger partial charge in [0.25, 0.3) is 0 Å². The number of hydrogen-bond donors (Lipinski definition) is 3. The largest absolute Gasteiger partial charge is 0.383 e. The van der Waals surface area contributed by atoms with Crippen LogP contribution >= 0.6 is 11.6 Å². The van der Waals surface area contributed by atoms with Crippen molar-refractivity contribution in [3.8, 4) is 11.8 Å². The van der Waals surface area contributed by atoms with Crippen LogP contribution in [0.15, 0.2) is 47.5 Å². The van der Waals surface area contributed by atoms with Gasteiger partial charge in [-0.25, -0.2) is 18.0 Å². The highest BCUT2D eigenvalue weighted by Crippen LogP contribution is 2.25. The van der Waals surface area contributed by atoms with Crippen molar-refractivity contribution >= 4 is 34.1 Å². The zero-order valence-corrected chi connectivity index (χ0v) is 17.4. The summed E-state index contributed by atoms with van der Waals surface area (Å²) in [5.74, 6) is 3.54. The highest BCUT2D eigenvalue weighted by molar-refractivity contribution is 7.86. The van der Waals surface area contributed by atoms with Crippen molar-refractivity contribution in [2.75, 3.05) is 10.5 Å². The maximum atomic E-state index is 14.9. The van der Waals surface area contributed by atoms with Crippen LogP contribution in [-0.2, 0) is 17.5 Å². The van der Waals surface area contributed by atoms with E-state index in [0.717, 1.165) is 17.7 Å². The fraction of sp³-hybridized carbons (Fsp3) is 0.0952. The molecule has 0 saturated heterocycles. The number of nitrogen functional groups attached to an aromatic ring is 1. The van der Waals surface area contributed by atoms with Gasteiger partial charge in [-0.2, -0.15) is 0 Å². The first kappa shape index (κ1) is 21.7. The Balaban J connectivity index is 1.93. The average Bonchev–Trinajstić information content (AvgIpc) is 2.72. The first-order valence-corrected chi connectivity index (χ1v) is 10.2. The van der Waals surface area contributed by atoms with Crippen LogP contribution in [0.25, 0.3) is 0 Å². The molecule has 0 amide bonds. The van der Waals surface area contributed by atoms with Gasteiger partial charge in [-0.1, -0.05) is 29.5 Å². The number of aromatic nitrogens is 1. The molecule has 154 valence electrons. The van der Waals surface area contributed by atoms with E-state index in [9.17, 15) is 13.0 Å². The Kier molecular flexibility index (Phi) is 6.67. The van der Waals surface area contributed by atoms with Crippen LogP contribution in [0.1, 0.15) is 22.3 Å². The minimum Gasteiger partial charge on any atom is -0.383 e. The molecule has 1 aromatic heterocycles. The predicted octanol–water partition coefficient (Wildman–Crippen LogP) is 3.90. The number of nitrogens with one attached hydrogen (secondary N) is 1. The van der Waals surface area contributed by atoms with Gasteiger partial charge in [-0.15, -0.1) is 0 Å². The third kappa shape index (κ3) is 4.76. The number of halogens is 3. The molecule has 9 heteroatoms. The third-order valence-electron chi connectivity index (χ3n) is 4.13. The van der Waals surface area contributed by atoms with Crippen molar-refractivity contribution in [2.24, 2.45) is 5.73 Å². The Morgan fingerprint density at radius 1 is 1.20 bits per heavy atom. The summed E-state index contributed by atoms with van der Waals surface area (Å²) in [5.41, 5.74) is 12.4. The van der Waals surface area contributed by atoms with Crippen LogP contribution in [0.5, 0.6) is 0 Å². The van der Waals surface area contributed by atoms with Gasteiger partial charge in [0.05, 0.1) is 21.2 Å². The van der Waals surface area contributed by atoms with Gasteiger partial charge >= 0.3 is 0 Å². The maximum absolute atomic E-state index is 14.9. The lowest BCUT2D eigenvalue weighted by Gasteiger charge is -2.10. The summed E-state index contributed by atoms with van der Waals surface area (Å²) in [6.45, 7) is 1.97. The van der Waals surface area contributed by atoms with Gasteiger partial charge in [0.1, 0.15) is 11.6 Å². The van der Waals surface area contributed by atoms with Crippen LogP contribution < -0.4 is 16.2 Å². The number of rotatable bonds is 4. The molecule has 5 N–H and O–H groups in total. The summed E-state index contributed by atoms with van der Waals surface area (Å²) >= 11 is 6.07. The minimum atomic E-state index is -1.86. The molecule has 1 atom stereocenters. The summed E-state index contributed by atoms with van der Waals surface area (Å²) in [7, 11) is -1.86. The zero-order chi connectivity index (χ0) is 21.8. The van der Waals surface area contributed by atoms with Crippen LogP contribution in [0.4, 0.5) is 20.3 Å². The van der Waals surface area contributed by atoms with E-state index in [1.54, 1.807) is 24.3 Å². The van der Waals surface area contributed by atoms with Gasteiger partial charge in [-0.3, -0.25) is 4.72 Å². The van der Waals surface area contributed by atoms with Crippen LogP contribution in [0.3, 0.4) is 0 Å². The van der Waals surface area contributed by atoms with Crippen molar-refractivity contribution in [3.05, 3.63) is 81.5 Å². The number of pyridine rings is 1. The molecule has 0 radical (unpaired) electrons. The Labute approximate surface area is 180 Å². The Hall–Kier alpha value is -2.99. The highest BCUT2D eigenvalue weighted by atomic mass is 35.5. The zero-order valence-electron chi connectivity index (χ0n) is 15.8. The molecule has 5 nitrogen and oxygen atoms in total. The topological polar surface area (TPSA) is 94.0 Å². The highest BCUT2D eigenvalue weighted by Gasteiger charge is 2.16. The molecule has 3 rings (SSSR count). The first-order valence-electron chi connectivity index (χ1n) is 8.69. The molecule has 30 heavy (non-hydrogen) atoms. The van der Waals surface area contributed by atoms with Crippen LogP contribution in [0.2, 0.25) is 5.02 Å². The summed E-state index contributed by atoms with van der Waals surface area (Å²) in [4.78, 5) is 4.24. The van der Waals surface area contributed by atoms with Crippen molar-refractivity contribution in [1.82, 2.24) is 4.98 Å². The second kappa shape index (κ2) is 9.22. The van der Waals surface area contributed by atoms with E-state index in [1.807, 2.05) is 6.92 Å². The quantitative estimate of drug-likeness (QED) is 0.530. The van der Waals surface area contributed by atoms with Crippen molar-refractivity contribution < 1.29 is 13.0 Å². The second-order valence-corrected chi connectivity index (χ2v) is 7.90. The molecule has 0 aliphatic carbocycles. The molecule has 2 aromatic carbocycles. The molecule has 0 bridgehead atoms. The molecule has 1 heterocycles. The standard InChI is InChI=1S/C21H17ClF2N4OS/c1-12-2-5-16(22)19(8-12)30(29)28-18-7-6-17(23)15(20(18)24)4-3-13-9-14(10-25)21(26)27-11-13/h2,5-9,11,28H,10,25H2,1H3,(H2,26,27). The fourth-order valence-corrected chi connectivity index (χ4v) is 3.87. The molecule has 0 saturated carbocycles. The van der Waals surface area contributed by atoms with E-state index in [2.05, 4.69) is 21.5 Å². The summed E-state index contributed by atoms with van der Waals surface area (Å²) in [6.07, 6.45) is 1.38. The van der Waals surface area contributed by atoms with Gasteiger partial charge in [0.15, 0.2) is 16.8 Å². The molecule has 0 spiro atoms. The van der Waals surface area contributed by atoms with Gasteiger partial charge in [-0.05, 0) is 42.8 Å². The lowest BCUT2D eigenvalue weighted by molar-refractivity contribution is 0.580. The van der Waals surface area contributed by atoms with Gasteiger partial charge < -0.3 is 11.5 Å². The minimum absolute atomic E-state index is 0.157. The Bertz CT molecular complexity index is 1210. The first-order chi connectivity index (χ1) is 14.3. The van der Waals surface area contributed by atoms with Gasteiger partial charge in [0, 0.05) is 23.9 Å². The van der Waals surface area contributed by atoms with E-state index in [0.29, 0.717) is 11.1 Å². The number of anilines is 2. The number of benzene rings is 2. The Morgan fingerprint density at radius 2 is 1.97 bits per heavy atom. The van der Waals surface area contributed by atoms with Crippen LogP contribution in [-0.4, -0.2) is 9.19 Å². The number of aryl methyl sites for hydroxylation is 1. The lowest BCUT2D eigenvalue weighted by atomic mass is 10.1. The molecular formula is C21H17ClF2N4OS. The normalized spacial score (nSPS) is 11.5. The molecule has 0 aliphatic rings. The second-order valence-electron chi connectivity index (χ2n) is 6.31. The summed E-state index contributed by atoms with van der Waals surface area (Å²) in [5, 5.41) is 0.264. The van der Waals surface area contributed by atoms with E-state index < -0.39 is 28.2 Å². The van der Waals surface area contributed by atoms with E-state index in [1.165, 1.54) is 6.20 Å². The summed E-state index contributed by atoms with van der Waals surface area (Å²) < 4.78 is 44.2. The lowest BCUT2D eigenvalue weighted by Crippen LogP contribution is -2.08. The number of nitrogens with two attached hydrogens (primary N) is 2. The van der Waals surface area contributed by atoms with Crippen molar-refractivity contribution in [2.45, 2.75) is 18.4 Å². The number of hydrogen-bond acceptors (Lipinski definition) is 4. The fourth-order valence-electron chi connectivity index (χ4n) is 2.54. The maximum Gasteiger partial charge on any atom is 0.165 e. The molecule has 0 aliphatic heterocycles. The van der Waals surface area contributed by atoms with Gasteiger partial charge in [0.2, 0.25) is 0 Å². The van der Waals surface area contributed by atoms with E-state index >= 15 is 0 Å². The summed E-state index contributed by atoms with van der Waals surface area (Å²) in [6, 6.07) is 8.77. The molecular weight excluding hydrogens is 430 g/mol. The van der Waals surface area contributed by atoms with Crippen molar-refractivity contribution in [1.29, 1.82) is 0 Å². The predicted molar refractivity (Wildman–Crippen MR) is 115 cm³/mol. The average molecular weight is 447 g/mol. The SMILES string of the molecule is Cc1ccc(Cl)c(S(=O)Nc2ccc(F)c(C#Cc3cnc(N)c(CN)c3)c2F)c1. The number of nitrogens with zero attached hydrogens (tertiary/aromatic N) is 1. The molecule has 1 unspecified atom stereocenters. The molecule has 0 fully saturated rings. The van der Waals surface area contributed by atoms with E-state index in [-0.39, 0.29) is 28.0 Å². The third-order valence-corrected chi connectivity index (χ3v) is 5.72. The molecule has 3 aromatic rings. The van der Waals surface area contributed by atoms with Crippen LogP contribution in [0, 0.1) is 30.4 Å². The Morgan fingerprint density at radius 3 is 2.70 bits per heavy atom.